The van der Waals surface area contributed by atoms with Gasteiger partial charge in [-0.25, -0.2) is 14.8 Å². The largest absolute Gasteiger partial charge is 0.505 e. The number of hydrogen-bond acceptors (Lipinski definition) is 7. The number of hydrogen-bond donors (Lipinski definition) is 3. The predicted molar refractivity (Wildman–Crippen MR) is 121 cm³/mol. The number of carbonyl (C=O) groups is 3. The van der Waals surface area contributed by atoms with Crippen LogP contribution in [0.3, 0.4) is 0 Å². The van der Waals surface area contributed by atoms with Gasteiger partial charge in [-0.05, 0) is 69.9 Å². The number of aromatic nitrogens is 2. The highest BCUT2D eigenvalue weighted by Gasteiger charge is 2.34. The van der Waals surface area contributed by atoms with Crippen molar-refractivity contribution in [2.75, 3.05) is 11.9 Å². The van der Waals surface area contributed by atoms with Crippen LogP contribution in [0.15, 0.2) is 36.7 Å². The molecule has 0 saturated carbocycles. The topological polar surface area (TPSA) is 134 Å². The first-order valence-electron chi connectivity index (χ1n) is 10.8. The van der Waals surface area contributed by atoms with Crippen LogP contribution in [0.5, 0.6) is 5.75 Å². The van der Waals surface area contributed by atoms with Crippen LogP contribution in [0.2, 0.25) is 0 Å². The molecule has 1 atom stereocenters. The SMILES string of the molecule is CC(C)(C)OC(=O)N1CCCCC1C(=O)NCc1ccnc(NC(=O)c2ncccc2O)c1. The lowest BCUT2D eigenvalue weighted by Crippen LogP contribution is -2.52. The Kier molecular flexibility index (Phi) is 7.47. The quantitative estimate of drug-likeness (QED) is 0.631. The molecule has 0 spiro atoms. The first-order valence-corrected chi connectivity index (χ1v) is 10.8. The summed E-state index contributed by atoms with van der Waals surface area (Å²) in [6.45, 7) is 6.04. The van der Waals surface area contributed by atoms with Crippen LogP contribution < -0.4 is 10.6 Å². The second-order valence-corrected chi connectivity index (χ2v) is 8.78. The third-order valence-electron chi connectivity index (χ3n) is 4.97. The van der Waals surface area contributed by atoms with Gasteiger partial charge < -0.3 is 20.5 Å². The summed E-state index contributed by atoms with van der Waals surface area (Å²) in [5, 5.41) is 15.2. The minimum Gasteiger partial charge on any atom is -0.505 e. The molecule has 3 amide bonds. The van der Waals surface area contributed by atoms with Gasteiger partial charge in [-0.15, -0.1) is 0 Å². The van der Waals surface area contributed by atoms with Crippen molar-refractivity contribution in [1.82, 2.24) is 20.2 Å². The van der Waals surface area contributed by atoms with Crippen molar-refractivity contribution in [2.45, 2.75) is 58.2 Å². The molecule has 3 N–H and O–H groups in total. The minimum absolute atomic E-state index is 0.113. The van der Waals surface area contributed by atoms with Gasteiger partial charge in [-0.3, -0.25) is 14.5 Å². The van der Waals surface area contributed by atoms with E-state index in [0.717, 1.165) is 12.8 Å². The molecular formula is C23H29N5O5. The number of pyridine rings is 2. The molecule has 10 nitrogen and oxygen atoms in total. The molecule has 2 aromatic rings. The number of carbonyl (C=O) groups excluding carboxylic acids is 3. The van der Waals surface area contributed by atoms with Gasteiger partial charge >= 0.3 is 6.09 Å². The Hall–Kier alpha value is -3.69. The molecule has 1 fully saturated rings. The van der Waals surface area contributed by atoms with Gasteiger partial charge in [0.2, 0.25) is 5.91 Å². The zero-order valence-corrected chi connectivity index (χ0v) is 19.0. The van der Waals surface area contributed by atoms with E-state index in [-0.39, 0.29) is 29.7 Å². The molecule has 2 aromatic heterocycles. The molecule has 3 heterocycles. The van der Waals surface area contributed by atoms with E-state index in [0.29, 0.717) is 18.5 Å². The Morgan fingerprint density at radius 3 is 2.70 bits per heavy atom. The fourth-order valence-electron chi connectivity index (χ4n) is 3.45. The molecule has 33 heavy (non-hydrogen) atoms. The van der Waals surface area contributed by atoms with Crippen molar-refractivity contribution in [3.05, 3.63) is 47.9 Å². The molecule has 3 rings (SSSR count). The van der Waals surface area contributed by atoms with Gasteiger partial charge in [0.05, 0.1) is 0 Å². The lowest BCUT2D eigenvalue weighted by molar-refractivity contribution is -0.127. The molecule has 1 saturated heterocycles. The lowest BCUT2D eigenvalue weighted by Gasteiger charge is -2.35. The van der Waals surface area contributed by atoms with Crippen molar-refractivity contribution < 1.29 is 24.2 Å². The normalized spacial score (nSPS) is 16.1. The predicted octanol–water partition coefficient (Wildman–Crippen LogP) is 2.84. The highest BCUT2D eigenvalue weighted by atomic mass is 16.6. The Morgan fingerprint density at radius 1 is 1.18 bits per heavy atom. The molecule has 0 aromatic carbocycles. The van der Waals surface area contributed by atoms with Gasteiger partial charge in [-0.2, -0.15) is 0 Å². The third-order valence-corrected chi connectivity index (χ3v) is 4.97. The second kappa shape index (κ2) is 10.3. The van der Waals surface area contributed by atoms with Crippen LogP contribution in [-0.4, -0.2) is 56.1 Å². The first-order chi connectivity index (χ1) is 15.6. The summed E-state index contributed by atoms with van der Waals surface area (Å²) in [6.07, 6.45) is 4.65. The van der Waals surface area contributed by atoms with Crippen molar-refractivity contribution in [1.29, 1.82) is 0 Å². The van der Waals surface area contributed by atoms with Crippen LogP contribution in [0, 0.1) is 0 Å². The number of rotatable bonds is 5. The van der Waals surface area contributed by atoms with E-state index in [1.807, 2.05) is 0 Å². The number of ether oxygens (including phenoxy) is 1. The smallest absolute Gasteiger partial charge is 0.410 e. The average Bonchev–Trinajstić information content (AvgIpc) is 2.77. The molecular weight excluding hydrogens is 426 g/mol. The van der Waals surface area contributed by atoms with E-state index in [4.69, 9.17) is 4.74 Å². The summed E-state index contributed by atoms with van der Waals surface area (Å²) in [5.41, 5.74) is -0.0458. The standard InChI is InChI=1S/C23H29N5O5/c1-23(2,3)33-22(32)28-12-5-4-7-16(28)20(30)26-14-15-9-11-24-18(13-15)27-21(31)19-17(29)8-6-10-25-19/h6,8-11,13,16,29H,4-5,7,12,14H2,1-3H3,(H,26,30)(H,24,27,31). The molecule has 1 aliphatic rings. The third kappa shape index (κ3) is 6.64. The van der Waals surface area contributed by atoms with Crippen molar-refractivity contribution in [3.63, 3.8) is 0 Å². The maximum atomic E-state index is 12.9. The summed E-state index contributed by atoms with van der Waals surface area (Å²) < 4.78 is 5.45. The summed E-state index contributed by atoms with van der Waals surface area (Å²) in [7, 11) is 0. The zero-order chi connectivity index (χ0) is 24.0. The number of aromatic hydroxyl groups is 1. The highest BCUT2D eigenvalue weighted by molar-refractivity contribution is 6.04. The van der Waals surface area contributed by atoms with Crippen LogP contribution in [0.1, 0.15) is 56.1 Å². The Balaban J connectivity index is 1.61. The molecule has 0 aliphatic carbocycles. The fraction of sp³-hybridized carbons (Fsp3) is 0.435. The van der Waals surface area contributed by atoms with Gasteiger partial charge in [0.25, 0.3) is 5.91 Å². The van der Waals surface area contributed by atoms with Gasteiger partial charge in [0.15, 0.2) is 5.69 Å². The maximum Gasteiger partial charge on any atom is 0.410 e. The number of amides is 3. The van der Waals surface area contributed by atoms with E-state index in [9.17, 15) is 19.5 Å². The van der Waals surface area contributed by atoms with E-state index < -0.39 is 23.6 Å². The first kappa shape index (κ1) is 24.0. The summed E-state index contributed by atoms with van der Waals surface area (Å²) in [5.74, 6) is -0.844. The van der Waals surface area contributed by atoms with Crippen molar-refractivity contribution in [2.24, 2.45) is 0 Å². The minimum atomic E-state index is -0.639. The Bertz CT molecular complexity index is 1020. The molecule has 176 valence electrons. The van der Waals surface area contributed by atoms with Crippen LogP contribution >= 0.6 is 0 Å². The second-order valence-electron chi connectivity index (χ2n) is 8.78. The summed E-state index contributed by atoms with van der Waals surface area (Å²) in [4.78, 5) is 47.2. The number of nitrogens with one attached hydrogen (secondary N) is 2. The average molecular weight is 456 g/mol. The van der Waals surface area contributed by atoms with Crippen molar-refractivity contribution >= 4 is 23.7 Å². The van der Waals surface area contributed by atoms with Gasteiger partial charge in [0.1, 0.15) is 23.2 Å². The van der Waals surface area contributed by atoms with Gasteiger partial charge in [0, 0.05) is 25.5 Å². The summed E-state index contributed by atoms with van der Waals surface area (Å²) in [6, 6.07) is 5.62. The lowest BCUT2D eigenvalue weighted by atomic mass is 10.0. The molecule has 1 unspecified atom stereocenters. The van der Waals surface area contributed by atoms with E-state index in [2.05, 4.69) is 20.6 Å². The fourth-order valence-corrected chi connectivity index (χ4v) is 3.45. The highest BCUT2D eigenvalue weighted by Crippen LogP contribution is 2.21. The maximum absolute atomic E-state index is 12.9. The van der Waals surface area contributed by atoms with Crippen LogP contribution in [0.4, 0.5) is 10.6 Å². The zero-order valence-electron chi connectivity index (χ0n) is 19.0. The van der Waals surface area contributed by atoms with E-state index in [1.54, 1.807) is 32.9 Å². The summed E-state index contributed by atoms with van der Waals surface area (Å²) >= 11 is 0. The number of piperidine rings is 1. The van der Waals surface area contributed by atoms with Crippen LogP contribution in [-0.2, 0) is 16.1 Å². The number of nitrogens with zero attached hydrogens (tertiary/aromatic N) is 3. The van der Waals surface area contributed by atoms with E-state index in [1.165, 1.54) is 29.4 Å². The molecule has 10 heteroatoms. The number of anilines is 1. The van der Waals surface area contributed by atoms with E-state index >= 15 is 0 Å². The Morgan fingerprint density at radius 2 is 1.97 bits per heavy atom. The molecule has 0 bridgehead atoms. The monoisotopic (exact) mass is 455 g/mol. The Labute approximate surface area is 192 Å². The van der Waals surface area contributed by atoms with Crippen molar-refractivity contribution in [3.8, 4) is 5.75 Å². The molecule has 1 aliphatic heterocycles. The van der Waals surface area contributed by atoms with Gasteiger partial charge in [-0.1, -0.05) is 0 Å². The molecule has 0 radical (unpaired) electrons. The van der Waals surface area contributed by atoms with Crippen LogP contribution in [0.25, 0.3) is 0 Å². The number of likely N-dealkylation sites (tertiary alicyclic amines) is 1.